The molecule has 2 aliphatic heterocycles. The van der Waals surface area contributed by atoms with Crippen molar-refractivity contribution in [3.63, 3.8) is 0 Å². The quantitative estimate of drug-likeness (QED) is 0.696. The van der Waals surface area contributed by atoms with Crippen molar-refractivity contribution in [3.05, 3.63) is 35.9 Å². The van der Waals surface area contributed by atoms with Crippen molar-refractivity contribution in [1.82, 2.24) is 14.7 Å². The number of carbonyl (C=O) groups excluding carboxylic acids is 2. The van der Waals surface area contributed by atoms with Gasteiger partial charge in [-0.25, -0.2) is 0 Å². The Hall–Kier alpha value is -1.92. The van der Waals surface area contributed by atoms with Gasteiger partial charge in [-0.2, -0.15) is 0 Å². The molecule has 3 rings (SSSR count). The van der Waals surface area contributed by atoms with Gasteiger partial charge in [-0.3, -0.25) is 14.5 Å². The predicted molar refractivity (Wildman–Crippen MR) is 111 cm³/mol. The number of likely N-dealkylation sites (N-methyl/N-ethyl adjacent to an activating group) is 1. The van der Waals surface area contributed by atoms with Gasteiger partial charge in [0.2, 0.25) is 11.8 Å². The van der Waals surface area contributed by atoms with Crippen LogP contribution in [0.1, 0.15) is 31.7 Å². The first-order valence-electron chi connectivity index (χ1n) is 10.7. The lowest BCUT2D eigenvalue weighted by Crippen LogP contribution is -2.43. The highest BCUT2D eigenvalue weighted by molar-refractivity contribution is 5.89. The molecule has 6 heteroatoms. The van der Waals surface area contributed by atoms with Crippen molar-refractivity contribution in [2.45, 2.75) is 38.6 Å². The van der Waals surface area contributed by atoms with Crippen LogP contribution in [-0.4, -0.2) is 78.4 Å². The van der Waals surface area contributed by atoms with Gasteiger partial charge in [0.25, 0.3) is 0 Å². The lowest BCUT2D eigenvalue weighted by atomic mass is 10.1. The zero-order chi connectivity index (χ0) is 19.9. The number of likely N-dealkylation sites (tertiary alicyclic amines) is 2. The van der Waals surface area contributed by atoms with Gasteiger partial charge < -0.3 is 15.5 Å². The van der Waals surface area contributed by atoms with E-state index < -0.39 is 0 Å². The number of hydrogen-bond acceptors (Lipinski definition) is 4. The molecule has 2 aliphatic rings. The first-order chi connectivity index (χ1) is 13.6. The Morgan fingerprint density at radius 2 is 2.04 bits per heavy atom. The van der Waals surface area contributed by atoms with Crippen molar-refractivity contribution < 1.29 is 9.59 Å². The first-order valence-corrected chi connectivity index (χ1v) is 10.7. The van der Waals surface area contributed by atoms with Crippen LogP contribution in [0.2, 0.25) is 0 Å². The molecule has 2 N–H and O–H groups in total. The largest absolute Gasteiger partial charge is 0.341 e. The minimum absolute atomic E-state index is 0.0796. The molecular weight excluding hydrogens is 352 g/mol. The number of nitrogens with two attached hydrogens (primary N) is 1. The summed E-state index contributed by atoms with van der Waals surface area (Å²) in [5.41, 5.74) is 6.96. The lowest BCUT2D eigenvalue weighted by molar-refractivity contribution is -0.135. The third kappa shape index (κ3) is 5.11. The molecule has 1 aromatic carbocycles. The molecule has 2 heterocycles. The molecule has 0 aromatic heterocycles. The van der Waals surface area contributed by atoms with Crippen LogP contribution in [-0.2, 0) is 16.0 Å². The third-order valence-corrected chi connectivity index (χ3v) is 6.12. The second kappa shape index (κ2) is 10.0. The Morgan fingerprint density at radius 1 is 1.25 bits per heavy atom. The molecule has 6 nitrogen and oxygen atoms in total. The van der Waals surface area contributed by atoms with Crippen LogP contribution in [0.5, 0.6) is 0 Å². The molecule has 0 bridgehead atoms. The van der Waals surface area contributed by atoms with Gasteiger partial charge >= 0.3 is 0 Å². The molecule has 0 saturated carbocycles. The van der Waals surface area contributed by atoms with E-state index in [2.05, 4.69) is 24.0 Å². The van der Waals surface area contributed by atoms with Crippen molar-refractivity contribution >= 4 is 11.8 Å². The van der Waals surface area contributed by atoms with Crippen LogP contribution >= 0.6 is 0 Å². The molecule has 2 fully saturated rings. The monoisotopic (exact) mass is 386 g/mol. The molecule has 2 unspecified atom stereocenters. The zero-order valence-electron chi connectivity index (χ0n) is 17.1. The van der Waals surface area contributed by atoms with Crippen molar-refractivity contribution in [3.8, 4) is 0 Å². The van der Waals surface area contributed by atoms with Gasteiger partial charge in [0.15, 0.2) is 0 Å². The summed E-state index contributed by atoms with van der Waals surface area (Å²) in [4.78, 5) is 31.8. The summed E-state index contributed by atoms with van der Waals surface area (Å²) in [6, 6.07) is 10.6. The molecular formula is C22H34N4O2. The molecule has 0 spiro atoms. The molecule has 1 aromatic rings. The number of hydrogen-bond donors (Lipinski definition) is 1. The highest BCUT2D eigenvalue weighted by atomic mass is 16.2. The second-order valence-corrected chi connectivity index (χ2v) is 7.97. The van der Waals surface area contributed by atoms with E-state index in [1.54, 1.807) is 0 Å². The zero-order valence-corrected chi connectivity index (χ0v) is 17.1. The maximum Gasteiger partial charge on any atom is 0.228 e. The van der Waals surface area contributed by atoms with E-state index >= 15 is 0 Å². The van der Waals surface area contributed by atoms with Gasteiger partial charge in [-0.05, 0) is 37.9 Å². The first kappa shape index (κ1) is 20.8. The average molecular weight is 387 g/mol. The fourth-order valence-corrected chi connectivity index (χ4v) is 4.54. The number of carbonyl (C=O) groups is 2. The summed E-state index contributed by atoms with van der Waals surface area (Å²) in [5, 5.41) is 0. The normalized spacial score (nSPS) is 22.8. The maximum absolute atomic E-state index is 13.1. The topological polar surface area (TPSA) is 69.9 Å². The van der Waals surface area contributed by atoms with Crippen LogP contribution in [0.15, 0.2) is 30.3 Å². The fourth-order valence-electron chi connectivity index (χ4n) is 4.54. The number of nitrogens with zero attached hydrogens (tertiary/aromatic N) is 3. The summed E-state index contributed by atoms with van der Waals surface area (Å²) >= 11 is 0. The summed E-state index contributed by atoms with van der Waals surface area (Å²) in [5.74, 6) is -0.0284. The molecule has 2 atom stereocenters. The minimum atomic E-state index is -0.230. The van der Waals surface area contributed by atoms with E-state index in [-0.39, 0.29) is 17.7 Å². The van der Waals surface area contributed by atoms with Crippen molar-refractivity contribution in [1.29, 1.82) is 0 Å². The Morgan fingerprint density at radius 3 is 2.75 bits per heavy atom. The van der Waals surface area contributed by atoms with Crippen LogP contribution < -0.4 is 5.73 Å². The average Bonchev–Trinajstić information content (AvgIpc) is 3.32. The lowest BCUT2D eigenvalue weighted by Gasteiger charge is -2.28. The summed E-state index contributed by atoms with van der Waals surface area (Å²) in [7, 11) is 0. The van der Waals surface area contributed by atoms with Crippen LogP contribution in [0, 0.1) is 5.92 Å². The maximum atomic E-state index is 13.1. The van der Waals surface area contributed by atoms with Gasteiger partial charge in [-0.1, -0.05) is 37.3 Å². The van der Waals surface area contributed by atoms with E-state index in [0.29, 0.717) is 38.6 Å². The number of amides is 2. The smallest absolute Gasteiger partial charge is 0.228 e. The standard InChI is InChI=1S/C22H34N4O2/c1-2-24-12-6-9-20(24)17-26-16-19(15-21(26)27)22(28)25(14-11-23)13-10-18-7-4-3-5-8-18/h3-5,7-8,19-20H,2,6,9-17,23H2,1H3. The van der Waals surface area contributed by atoms with E-state index in [4.69, 9.17) is 5.73 Å². The molecule has 2 amide bonds. The molecule has 0 radical (unpaired) electrons. The minimum Gasteiger partial charge on any atom is -0.341 e. The SMILES string of the molecule is CCN1CCCC1CN1CC(C(=O)N(CCN)CCc2ccccc2)CC1=O. The van der Waals surface area contributed by atoms with Crippen LogP contribution in [0.4, 0.5) is 0 Å². The fraction of sp³-hybridized carbons (Fsp3) is 0.636. The van der Waals surface area contributed by atoms with E-state index in [9.17, 15) is 9.59 Å². The highest BCUT2D eigenvalue weighted by Crippen LogP contribution is 2.24. The van der Waals surface area contributed by atoms with Gasteiger partial charge in [-0.15, -0.1) is 0 Å². The van der Waals surface area contributed by atoms with Crippen LogP contribution in [0.25, 0.3) is 0 Å². The molecule has 28 heavy (non-hydrogen) atoms. The molecule has 0 aliphatic carbocycles. The summed E-state index contributed by atoms with van der Waals surface area (Å²) in [6.07, 6.45) is 3.49. The molecule has 2 saturated heterocycles. The number of benzene rings is 1. The van der Waals surface area contributed by atoms with Crippen molar-refractivity contribution in [2.75, 3.05) is 45.8 Å². The van der Waals surface area contributed by atoms with E-state index in [0.717, 1.165) is 32.5 Å². The highest BCUT2D eigenvalue weighted by Gasteiger charge is 2.38. The van der Waals surface area contributed by atoms with Gasteiger partial charge in [0.05, 0.1) is 5.92 Å². The third-order valence-electron chi connectivity index (χ3n) is 6.12. The van der Waals surface area contributed by atoms with Crippen molar-refractivity contribution in [2.24, 2.45) is 11.7 Å². The predicted octanol–water partition coefficient (Wildman–Crippen LogP) is 1.35. The van der Waals surface area contributed by atoms with Crippen LogP contribution in [0.3, 0.4) is 0 Å². The summed E-state index contributed by atoms with van der Waals surface area (Å²) in [6.45, 7) is 7.27. The Bertz CT molecular complexity index is 651. The summed E-state index contributed by atoms with van der Waals surface area (Å²) < 4.78 is 0. The Balaban J connectivity index is 1.56. The Kier molecular flexibility index (Phi) is 7.45. The van der Waals surface area contributed by atoms with Gasteiger partial charge in [0, 0.05) is 45.2 Å². The van der Waals surface area contributed by atoms with E-state index in [1.807, 2.05) is 28.0 Å². The number of rotatable bonds is 9. The Labute approximate surface area is 168 Å². The molecule has 154 valence electrons. The van der Waals surface area contributed by atoms with Gasteiger partial charge in [0.1, 0.15) is 0 Å². The second-order valence-electron chi connectivity index (χ2n) is 7.97. The van der Waals surface area contributed by atoms with E-state index in [1.165, 1.54) is 12.0 Å².